The van der Waals surface area contributed by atoms with Crippen LogP contribution in [0.3, 0.4) is 0 Å². The summed E-state index contributed by atoms with van der Waals surface area (Å²) in [6.45, 7) is 0.537. The highest BCUT2D eigenvalue weighted by Gasteiger charge is 2.32. The molecular formula is C24H18ClN3O2. The second-order valence-corrected chi connectivity index (χ2v) is 7.67. The number of hydrogen-bond acceptors (Lipinski definition) is 4. The van der Waals surface area contributed by atoms with Crippen LogP contribution in [0.1, 0.15) is 28.2 Å². The highest BCUT2D eigenvalue weighted by atomic mass is 35.5. The number of phenols is 1. The lowest BCUT2D eigenvalue weighted by molar-refractivity contribution is 0.415. The van der Waals surface area contributed by atoms with E-state index in [1.807, 2.05) is 65.2 Å². The fourth-order valence-electron chi connectivity index (χ4n) is 3.86. The molecule has 3 aromatic carbocycles. The monoisotopic (exact) mass is 415 g/mol. The van der Waals surface area contributed by atoms with E-state index < -0.39 is 0 Å². The van der Waals surface area contributed by atoms with Crippen molar-refractivity contribution in [1.29, 1.82) is 5.41 Å². The van der Waals surface area contributed by atoms with Crippen molar-refractivity contribution in [3.8, 4) is 17.4 Å². The normalized spacial score (nSPS) is 14.5. The second kappa shape index (κ2) is 7.35. The summed E-state index contributed by atoms with van der Waals surface area (Å²) in [5.41, 5.74) is 3.96. The van der Waals surface area contributed by atoms with E-state index in [0.29, 0.717) is 34.2 Å². The lowest BCUT2D eigenvalue weighted by atomic mass is 9.84. The van der Waals surface area contributed by atoms with Crippen LogP contribution in [-0.4, -0.2) is 14.7 Å². The molecule has 0 fully saturated rings. The summed E-state index contributed by atoms with van der Waals surface area (Å²) in [5, 5.41) is 19.5. The molecule has 30 heavy (non-hydrogen) atoms. The van der Waals surface area contributed by atoms with Gasteiger partial charge in [0.05, 0.1) is 12.1 Å². The number of aromatic nitrogens is 2. The molecule has 1 aliphatic rings. The Balaban J connectivity index is 1.69. The van der Waals surface area contributed by atoms with Gasteiger partial charge in [-0.15, -0.1) is 0 Å². The average molecular weight is 416 g/mol. The standard InChI is InChI=1S/C24H18ClN3O2/c25-17-8-6-16(7-9-17)21-19-11-10-18(29)12-20(19)30-24-22(21)23(26)28(14-27-24)13-15-4-2-1-3-5-15/h1-12,14,21,26,29H,13H2. The molecule has 2 heterocycles. The Morgan fingerprint density at radius 3 is 2.57 bits per heavy atom. The summed E-state index contributed by atoms with van der Waals surface area (Å²) in [5.74, 6) is 0.774. The number of nitrogens with zero attached hydrogens (tertiary/aromatic N) is 2. The van der Waals surface area contributed by atoms with Crippen LogP contribution < -0.4 is 10.2 Å². The first-order valence-corrected chi connectivity index (χ1v) is 9.92. The van der Waals surface area contributed by atoms with Gasteiger partial charge in [0.1, 0.15) is 23.3 Å². The first-order chi connectivity index (χ1) is 14.6. The number of rotatable bonds is 3. The molecule has 0 aliphatic carbocycles. The van der Waals surface area contributed by atoms with Gasteiger partial charge < -0.3 is 14.4 Å². The van der Waals surface area contributed by atoms with Crippen molar-refractivity contribution < 1.29 is 9.84 Å². The lowest BCUT2D eigenvalue weighted by Crippen LogP contribution is -2.30. The van der Waals surface area contributed by atoms with Crippen molar-refractivity contribution in [3.05, 3.63) is 112 Å². The molecule has 0 saturated carbocycles. The minimum absolute atomic E-state index is 0.119. The van der Waals surface area contributed by atoms with Gasteiger partial charge in [0.25, 0.3) is 0 Å². The van der Waals surface area contributed by atoms with Crippen LogP contribution >= 0.6 is 11.6 Å². The van der Waals surface area contributed by atoms with Crippen molar-refractivity contribution in [3.63, 3.8) is 0 Å². The molecule has 1 atom stereocenters. The van der Waals surface area contributed by atoms with Gasteiger partial charge in [-0.05, 0) is 29.3 Å². The zero-order valence-electron chi connectivity index (χ0n) is 15.9. The SMILES string of the molecule is N=c1c2c(ncn1Cc1ccccc1)Oc1cc(O)ccc1C2c1ccc(Cl)cc1. The number of ether oxygens (including phenoxy) is 1. The number of fused-ring (bicyclic) bond motifs is 2. The maximum atomic E-state index is 9.93. The molecule has 1 unspecified atom stereocenters. The van der Waals surface area contributed by atoms with Gasteiger partial charge in [0.15, 0.2) is 0 Å². The lowest BCUT2D eigenvalue weighted by Gasteiger charge is -2.28. The third-order valence-electron chi connectivity index (χ3n) is 5.29. The van der Waals surface area contributed by atoms with Crippen LogP contribution in [0.4, 0.5) is 0 Å². The smallest absolute Gasteiger partial charge is 0.228 e. The number of nitrogens with one attached hydrogen (secondary N) is 1. The Bertz CT molecular complexity index is 1280. The Morgan fingerprint density at radius 1 is 1.03 bits per heavy atom. The van der Waals surface area contributed by atoms with Crippen molar-refractivity contribution in [1.82, 2.24) is 9.55 Å². The summed E-state index contributed by atoms with van der Waals surface area (Å²) in [7, 11) is 0. The van der Waals surface area contributed by atoms with Crippen molar-refractivity contribution >= 4 is 11.6 Å². The number of aromatic hydroxyl groups is 1. The summed E-state index contributed by atoms with van der Waals surface area (Å²) in [6, 6.07) is 22.6. The molecule has 2 N–H and O–H groups in total. The minimum Gasteiger partial charge on any atom is -0.508 e. The van der Waals surface area contributed by atoms with Crippen molar-refractivity contribution in [2.45, 2.75) is 12.5 Å². The average Bonchev–Trinajstić information content (AvgIpc) is 2.76. The topological polar surface area (TPSA) is 71.1 Å². The quantitative estimate of drug-likeness (QED) is 0.433. The van der Waals surface area contributed by atoms with Gasteiger partial charge in [-0.1, -0.05) is 60.1 Å². The molecule has 5 nitrogen and oxygen atoms in total. The zero-order chi connectivity index (χ0) is 20.7. The maximum Gasteiger partial charge on any atom is 0.228 e. The fourth-order valence-corrected chi connectivity index (χ4v) is 3.98. The Labute approximate surface area is 178 Å². The second-order valence-electron chi connectivity index (χ2n) is 7.23. The first kappa shape index (κ1) is 18.5. The molecule has 4 aromatic rings. The summed E-state index contributed by atoms with van der Waals surface area (Å²) < 4.78 is 7.80. The van der Waals surface area contributed by atoms with E-state index in [-0.39, 0.29) is 11.7 Å². The highest BCUT2D eigenvalue weighted by molar-refractivity contribution is 6.30. The molecule has 148 valence electrons. The summed E-state index contributed by atoms with van der Waals surface area (Å²) in [6.07, 6.45) is 1.63. The number of benzene rings is 3. The largest absolute Gasteiger partial charge is 0.508 e. The van der Waals surface area contributed by atoms with Crippen LogP contribution in [0, 0.1) is 5.41 Å². The number of phenolic OH excluding ortho intramolecular Hbond substituents is 1. The molecule has 0 bridgehead atoms. The van der Waals surface area contributed by atoms with Gasteiger partial charge >= 0.3 is 0 Å². The van der Waals surface area contributed by atoms with E-state index in [1.165, 1.54) is 0 Å². The third-order valence-corrected chi connectivity index (χ3v) is 5.54. The van der Waals surface area contributed by atoms with Gasteiger partial charge in [-0.25, -0.2) is 4.98 Å². The van der Waals surface area contributed by atoms with E-state index in [2.05, 4.69) is 4.98 Å². The van der Waals surface area contributed by atoms with E-state index in [0.717, 1.165) is 16.7 Å². The third kappa shape index (κ3) is 3.23. The van der Waals surface area contributed by atoms with Gasteiger partial charge in [0.2, 0.25) is 5.88 Å². The van der Waals surface area contributed by atoms with E-state index in [4.69, 9.17) is 21.7 Å². The molecule has 0 amide bonds. The minimum atomic E-state index is -0.259. The van der Waals surface area contributed by atoms with Crippen LogP contribution in [0.5, 0.6) is 17.4 Å². The van der Waals surface area contributed by atoms with E-state index in [1.54, 1.807) is 18.5 Å². The van der Waals surface area contributed by atoms with Crippen LogP contribution in [0.25, 0.3) is 0 Å². The fraction of sp³-hybridized carbons (Fsp3) is 0.0833. The highest BCUT2D eigenvalue weighted by Crippen LogP contribution is 2.46. The van der Waals surface area contributed by atoms with Crippen molar-refractivity contribution in [2.24, 2.45) is 0 Å². The van der Waals surface area contributed by atoms with Crippen molar-refractivity contribution in [2.75, 3.05) is 0 Å². The predicted octanol–water partition coefficient (Wildman–Crippen LogP) is 5.06. The Kier molecular flexibility index (Phi) is 4.52. The Morgan fingerprint density at radius 2 is 1.80 bits per heavy atom. The maximum absolute atomic E-state index is 9.93. The molecule has 0 spiro atoms. The molecule has 5 rings (SSSR count). The van der Waals surface area contributed by atoms with Gasteiger partial charge in [0, 0.05) is 22.6 Å². The Hall–Kier alpha value is -3.57. The zero-order valence-corrected chi connectivity index (χ0v) is 16.7. The van der Waals surface area contributed by atoms with Gasteiger partial charge in [-0.2, -0.15) is 0 Å². The molecule has 0 saturated heterocycles. The van der Waals surface area contributed by atoms with Crippen LogP contribution in [-0.2, 0) is 6.54 Å². The molecule has 1 aliphatic heterocycles. The number of hydrogen-bond donors (Lipinski definition) is 2. The molecular weight excluding hydrogens is 398 g/mol. The number of halogens is 1. The molecule has 6 heteroatoms. The molecule has 1 aromatic heterocycles. The van der Waals surface area contributed by atoms with Gasteiger partial charge in [-0.3, -0.25) is 5.41 Å². The summed E-state index contributed by atoms with van der Waals surface area (Å²) >= 11 is 6.11. The predicted molar refractivity (Wildman–Crippen MR) is 114 cm³/mol. The van der Waals surface area contributed by atoms with E-state index in [9.17, 15) is 5.11 Å². The first-order valence-electron chi connectivity index (χ1n) is 9.54. The van der Waals surface area contributed by atoms with E-state index >= 15 is 0 Å². The summed E-state index contributed by atoms with van der Waals surface area (Å²) in [4.78, 5) is 4.51. The molecule has 0 radical (unpaired) electrons. The van der Waals surface area contributed by atoms with Crippen LogP contribution in [0.2, 0.25) is 5.02 Å². The van der Waals surface area contributed by atoms with Crippen LogP contribution in [0.15, 0.2) is 79.1 Å².